The van der Waals surface area contributed by atoms with Crippen molar-refractivity contribution < 1.29 is 0 Å². The van der Waals surface area contributed by atoms with Crippen LogP contribution in [0.4, 0.5) is 0 Å². The molecule has 2 unspecified atom stereocenters. The van der Waals surface area contributed by atoms with Crippen molar-refractivity contribution in [3.8, 4) is 0 Å². The van der Waals surface area contributed by atoms with E-state index >= 15 is 0 Å². The molecule has 2 atom stereocenters. The van der Waals surface area contributed by atoms with Gasteiger partial charge in [0.15, 0.2) is 0 Å². The Hall–Kier alpha value is -0.860. The topological polar surface area (TPSA) is 24.1 Å². The van der Waals surface area contributed by atoms with Crippen molar-refractivity contribution in [3.63, 3.8) is 0 Å². The molecule has 1 aliphatic heterocycles. The van der Waals surface area contributed by atoms with Crippen LogP contribution in [0.1, 0.15) is 48.9 Å². The second kappa shape index (κ2) is 5.85. The zero-order valence-electron chi connectivity index (χ0n) is 12.1. The van der Waals surface area contributed by atoms with E-state index in [1.165, 1.54) is 23.1 Å². The fourth-order valence-electron chi connectivity index (χ4n) is 2.96. The van der Waals surface area contributed by atoms with Gasteiger partial charge in [0.1, 0.15) is 0 Å². The van der Waals surface area contributed by atoms with Crippen molar-refractivity contribution in [3.05, 3.63) is 34.9 Å². The van der Waals surface area contributed by atoms with Gasteiger partial charge in [-0.1, -0.05) is 32.0 Å². The molecule has 0 amide bonds. The highest BCUT2D eigenvalue weighted by molar-refractivity contribution is 5.35. The highest BCUT2D eigenvalue weighted by Gasteiger charge is 2.26. The first-order valence-electron chi connectivity index (χ1n) is 7.12. The predicted octanol–water partition coefficient (Wildman–Crippen LogP) is 2.99. The smallest absolute Gasteiger partial charge is 0.0361 e. The van der Waals surface area contributed by atoms with E-state index in [2.05, 4.69) is 56.7 Å². The summed E-state index contributed by atoms with van der Waals surface area (Å²) in [5, 5.41) is 7.00. The molecule has 2 heteroatoms. The molecule has 100 valence electrons. The van der Waals surface area contributed by atoms with E-state index in [1.807, 2.05) is 0 Å². The molecule has 0 bridgehead atoms. The van der Waals surface area contributed by atoms with Gasteiger partial charge in [0.25, 0.3) is 0 Å². The monoisotopic (exact) mass is 246 g/mol. The highest BCUT2D eigenvalue weighted by atomic mass is 15.0. The second-order valence-corrected chi connectivity index (χ2v) is 5.79. The molecule has 0 radical (unpaired) electrons. The molecule has 2 nitrogen and oxygen atoms in total. The number of nitrogens with one attached hydrogen (secondary N) is 2. The van der Waals surface area contributed by atoms with E-state index in [4.69, 9.17) is 0 Å². The molecule has 0 aromatic heterocycles. The first-order valence-corrected chi connectivity index (χ1v) is 7.12. The Labute approximate surface area is 111 Å². The summed E-state index contributed by atoms with van der Waals surface area (Å²) in [4.78, 5) is 0. The number of hydrogen-bond acceptors (Lipinski definition) is 2. The summed E-state index contributed by atoms with van der Waals surface area (Å²) >= 11 is 0. The van der Waals surface area contributed by atoms with Gasteiger partial charge in [-0.3, -0.25) is 0 Å². The van der Waals surface area contributed by atoms with E-state index in [-0.39, 0.29) is 0 Å². The number of benzene rings is 1. The Morgan fingerprint density at radius 1 is 1.33 bits per heavy atom. The van der Waals surface area contributed by atoms with Crippen LogP contribution in [0, 0.1) is 12.8 Å². The lowest BCUT2D eigenvalue weighted by Gasteiger charge is -2.25. The first kappa shape index (κ1) is 13.6. The minimum atomic E-state index is 0.485. The van der Waals surface area contributed by atoms with E-state index in [9.17, 15) is 0 Å². The normalized spacial score (nSPS) is 21.5. The third kappa shape index (κ3) is 2.76. The number of rotatable bonds is 4. The van der Waals surface area contributed by atoms with Crippen molar-refractivity contribution in [2.24, 2.45) is 5.92 Å². The lowest BCUT2D eigenvalue weighted by Crippen LogP contribution is -2.27. The quantitative estimate of drug-likeness (QED) is 0.853. The van der Waals surface area contributed by atoms with Gasteiger partial charge in [0, 0.05) is 6.04 Å². The molecule has 0 spiro atoms. The van der Waals surface area contributed by atoms with Crippen LogP contribution in [-0.2, 0) is 0 Å². The van der Waals surface area contributed by atoms with Crippen molar-refractivity contribution in [2.75, 3.05) is 20.1 Å². The van der Waals surface area contributed by atoms with Crippen molar-refractivity contribution >= 4 is 0 Å². The molecule has 1 aliphatic rings. The summed E-state index contributed by atoms with van der Waals surface area (Å²) in [6, 6.07) is 7.43. The molecule has 1 saturated heterocycles. The van der Waals surface area contributed by atoms with Gasteiger partial charge in [0.2, 0.25) is 0 Å². The molecule has 1 fully saturated rings. The Bertz CT molecular complexity index is 392. The summed E-state index contributed by atoms with van der Waals surface area (Å²) in [6.07, 6.45) is 1.27. The van der Waals surface area contributed by atoms with Gasteiger partial charge in [-0.05, 0) is 62.0 Å². The van der Waals surface area contributed by atoms with Crippen LogP contribution in [0.15, 0.2) is 18.2 Å². The molecule has 1 aromatic carbocycles. The number of aryl methyl sites for hydroxylation is 1. The Kier molecular flexibility index (Phi) is 4.41. The Balaban J connectivity index is 2.31. The number of hydrogen-bond donors (Lipinski definition) is 2. The molecule has 18 heavy (non-hydrogen) atoms. The molecule has 1 heterocycles. The lowest BCUT2D eigenvalue weighted by atomic mass is 9.87. The largest absolute Gasteiger partial charge is 0.316 e. The summed E-state index contributed by atoms with van der Waals surface area (Å²) < 4.78 is 0. The summed E-state index contributed by atoms with van der Waals surface area (Å²) in [6.45, 7) is 9.05. The molecule has 0 aliphatic carbocycles. The minimum absolute atomic E-state index is 0.485. The zero-order valence-corrected chi connectivity index (χ0v) is 12.1. The van der Waals surface area contributed by atoms with Crippen LogP contribution >= 0.6 is 0 Å². The minimum Gasteiger partial charge on any atom is -0.316 e. The molecule has 0 saturated carbocycles. The molecular formula is C16H26N2. The fourth-order valence-corrected chi connectivity index (χ4v) is 2.96. The lowest BCUT2D eigenvalue weighted by molar-refractivity contribution is 0.408. The predicted molar refractivity (Wildman–Crippen MR) is 78.0 cm³/mol. The van der Waals surface area contributed by atoms with Crippen molar-refractivity contribution in [1.29, 1.82) is 0 Å². The maximum absolute atomic E-state index is 3.53. The standard InChI is InChI=1S/C16H26N2/c1-11(2)13-6-5-12(3)15(9-13)16(17-4)14-7-8-18-10-14/h5-6,9,11,14,16-18H,7-8,10H2,1-4H3. The van der Waals surface area contributed by atoms with Gasteiger partial charge >= 0.3 is 0 Å². The third-order valence-electron chi connectivity index (χ3n) is 4.19. The van der Waals surface area contributed by atoms with Crippen LogP contribution < -0.4 is 10.6 Å². The van der Waals surface area contributed by atoms with Crippen LogP contribution in [-0.4, -0.2) is 20.1 Å². The second-order valence-electron chi connectivity index (χ2n) is 5.79. The highest BCUT2D eigenvalue weighted by Crippen LogP contribution is 2.30. The van der Waals surface area contributed by atoms with Crippen molar-refractivity contribution in [2.45, 2.75) is 39.2 Å². The molecule has 2 N–H and O–H groups in total. The maximum atomic E-state index is 3.53. The first-order chi connectivity index (χ1) is 8.63. The molecular weight excluding hydrogens is 220 g/mol. The third-order valence-corrected chi connectivity index (χ3v) is 4.19. The van der Waals surface area contributed by atoms with Gasteiger partial charge in [-0.25, -0.2) is 0 Å². The zero-order chi connectivity index (χ0) is 13.1. The van der Waals surface area contributed by atoms with E-state index in [0.29, 0.717) is 12.0 Å². The molecule has 1 aromatic rings. The van der Waals surface area contributed by atoms with Gasteiger partial charge < -0.3 is 10.6 Å². The van der Waals surface area contributed by atoms with E-state index in [1.54, 1.807) is 0 Å². The van der Waals surface area contributed by atoms with E-state index < -0.39 is 0 Å². The molecule has 2 rings (SSSR count). The van der Waals surface area contributed by atoms with Crippen LogP contribution in [0.2, 0.25) is 0 Å². The van der Waals surface area contributed by atoms with Crippen LogP contribution in [0.5, 0.6) is 0 Å². The van der Waals surface area contributed by atoms with Crippen molar-refractivity contribution in [1.82, 2.24) is 10.6 Å². The summed E-state index contributed by atoms with van der Waals surface area (Å²) in [7, 11) is 2.09. The fraction of sp³-hybridized carbons (Fsp3) is 0.625. The Morgan fingerprint density at radius 2 is 2.11 bits per heavy atom. The average Bonchev–Trinajstić information content (AvgIpc) is 2.86. The summed E-state index contributed by atoms with van der Waals surface area (Å²) in [5.74, 6) is 1.32. The van der Waals surface area contributed by atoms with Gasteiger partial charge in [-0.2, -0.15) is 0 Å². The van der Waals surface area contributed by atoms with Crippen LogP contribution in [0.25, 0.3) is 0 Å². The van der Waals surface area contributed by atoms with Gasteiger partial charge in [0.05, 0.1) is 0 Å². The SMILES string of the molecule is CNC(c1cc(C(C)C)ccc1C)C1CCNC1. The average molecular weight is 246 g/mol. The summed E-state index contributed by atoms with van der Waals surface area (Å²) in [5.41, 5.74) is 4.34. The van der Waals surface area contributed by atoms with Gasteiger partial charge in [-0.15, -0.1) is 0 Å². The van der Waals surface area contributed by atoms with Crippen LogP contribution in [0.3, 0.4) is 0 Å². The maximum Gasteiger partial charge on any atom is 0.0361 e. The Morgan fingerprint density at radius 3 is 2.67 bits per heavy atom. The van der Waals surface area contributed by atoms with E-state index in [0.717, 1.165) is 19.0 Å².